The largest absolute Gasteiger partial charge is 0.396 e. The van der Waals surface area contributed by atoms with Crippen molar-refractivity contribution in [3.63, 3.8) is 0 Å². The molecule has 4 heterocycles. The van der Waals surface area contributed by atoms with Crippen LogP contribution in [0.2, 0.25) is 5.02 Å². The minimum atomic E-state index is -0.296. The van der Waals surface area contributed by atoms with E-state index in [1.807, 2.05) is 55.5 Å². The SMILES string of the molecule is Cc1cc(C(=O)Cc2cccc(-c3cccc(NC(=O)c4ccc(CCCCO)cn4)c3C)c2Cl)nc2c1CCN(C1CC3(CNC3)C1)C2. The molecule has 2 fully saturated rings. The predicted octanol–water partition coefficient (Wildman–Crippen LogP) is 6.52. The summed E-state index contributed by atoms with van der Waals surface area (Å²) in [4.78, 5) is 38.7. The topological polar surface area (TPSA) is 107 Å². The van der Waals surface area contributed by atoms with Crippen LogP contribution in [0.15, 0.2) is 60.8 Å². The van der Waals surface area contributed by atoms with E-state index < -0.39 is 0 Å². The number of nitrogens with one attached hydrogen (secondary N) is 2. The van der Waals surface area contributed by atoms with E-state index in [-0.39, 0.29) is 24.7 Å². The fourth-order valence-electron chi connectivity index (χ4n) is 7.77. The number of aliphatic hydroxyl groups is 1. The van der Waals surface area contributed by atoms with Gasteiger partial charge in [-0.1, -0.05) is 48.0 Å². The highest BCUT2D eigenvalue weighted by Crippen LogP contribution is 2.47. The molecule has 254 valence electrons. The van der Waals surface area contributed by atoms with E-state index in [1.54, 1.807) is 12.3 Å². The molecule has 2 aromatic carbocycles. The maximum absolute atomic E-state index is 13.7. The Bertz CT molecular complexity index is 1880. The van der Waals surface area contributed by atoms with Crippen LogP contribution in [0.5, 0.6) is 0 Å². The van der Waals surface area contributed by atoms with Gasteiger partial charge in [0, 0.05) is 62.7 Å². The number of ketones is 1. The maximum Gasteiger partial charge on any atom is 0.274 e. The highest BCUT2D eigenvalue weighted by molar-refractivity contribution is 6.34. The molecule has 0 unspecified atom stereocenters. The number of halogens is 1. The first-order chi connectivity index (χ1) is 23.7. The molecule has 3 aliphatic rings. The lowest BCUT2D eigenvalue weighted by Crippen LogP contribution is -2.65. The summed E-state index contributed by atoms with van der Waals surface area (Å²) < 4.78 is 0. The number of Topliss-reactive ketones (excluding diaryl/α,β-unsaturated/α-hetero) is 1. The molecule has 0 bridgehead atoms. The average molecular weight is 678 g/mol. The lowest BCUT2D eigenvalue weighted by Gasteiger charge is -2.57. The lowest BCUT2D eigenvalue weighted by atomic mass is 9.61. The van der Waals surface area contributed by atoms with Gasteiger partial charge < -0.3 is 15.7 Å². The minimum Gasteiger partial charge on any atom is -0.396 e. The molecule has 1 spiro atoms. The number of pyridine rings is 2. The zero-order valence-electron chi connectivity index (χ0n) is 28.3. The van der Waals surface area contributed by atoms with Crippen molar-refractivity contribution in [2.45, 2.75) is 71.4 Å². The van der Waals surface area contributed by atoms with Gasteiger partial charge in [0.25, 0.3) is 5.91 Å². The third kappa shape index (κ3) is 6.93. The van der Waals surface area contributed by atoms with Crippen LogP contribution in [-0.4, -0.2) is 63.9 Å². The average Bonchev–Trinajstić information content (AvgIpc) is 3.06. The third-order valence-corrected chi connectivity index (χ3v) is 11.3. The number of aromatic nitrogens is 2. The molecular weight excluding hydrogens is 634 g/mol. The number of carbonyl (C=O) groups is 2. The molecular formula is C40H44ClN5O3. The monoisotopic (exact) mass is 677 g/mol. The van der Waals surface area contributed by atoms with E-state index in [0.29, 0.717) is 33.6 Å². The molecule has 1 saturated carbocycles. The summed E-state index contributed by atoms with van der Waals surface area (Å²) in [5.74, 6) is -0.342. The van der Waals surface area contributed by atoms with Gasteiger partial charge in [-0.2, -0.15) is 0 Å². The molecule has 0 radical (unpaired) electrons. The number of carbonyl (C=O) groups excluding carboxylic acids is 2. The number of unbranched alkanes of at least 4 members (excludes halogenated alkanes) is 1. The van der Waals surface area contributed by atoms with Crippen molar-refractivity contribution in [1.82, 2.24) is 20.2 Å². The van der Waals surface area contributed by atoms with Gasteiger partial charge in [0.2, 0.25) is 0 Å². The van der Waals surface area contributed by atoms with Crippen LogP contribution in [0, 0.1) is 19.3 Å². The molecule has 2 aromatic heterocycles. The van der Waals surface area contributed by atoms with E-state index in [4.69, 9.17) is 21.7 Å². The van der Waals surface area contributed by atoms with Crippen molar-refractivity contribution in [3.05, 3.63) is 111 Å². The zero-order valence-corrected chi connectivity index (χ0v) is 29.1. The molecule has 4 aromatic rings. The molecule has 8 nitrogen and oxygen atoms in total. The van der Waals surface area contributed by atoms with Gasteiger partial charge in [-0.15, -0.1) is 0 Å². The molecule has 1 amide bonds. The van der Waals surface area contributed by atoms with E-state index >= 15 is 0 Å². The Balaban J connectivity index is 1.05. The Morgan fingerprint density at radius 1 is 1.04 bits per heavy atom. The van der Waals surface area contributed by atoms with E-state index in [0.717, 1.165) is 90.9 Å². The second kappa shape index (κ2) is 14.1. The van der Waals surface area contributed by atoms with Crippen LogP contribution in [-0.2, 0) is 25.8 Å². The van der Waals surface area contributed by atoms with Gasteiger partial charge in [-0.05, 0) is 109 Å². The Morgan fingerprint density at radius 2 is 1.84 bits per heavy atom. The van der Waals surface area contributed by atoms with Gasteiger partial charge in [0.05, 0.1) is 10.7 Å². The van der Waals surface area contributed by atoms with Crippen LogP contribution in [0.4, 0.5) is 5.69 Å². The fraction of sp³-hybridized carbons (Fsp3) is 0.400. The minimum absolute atomic E-state index is 0.0464. The second-order valence-corrected chi connectivity index (χ2v) is 14.6. The smallest absolute Gasteiger partial charge is 0.274 e. The van der Waals surface area contributed by atoms with E-state index in [2.05, 4.69) is 27.4 Å². The van der Waals surface area contributed by atoms with Gasteiger partial charge >= 0.3 is 0 Å². The van der Waals surface area contributed by atoms with Crippen LogP contribution in [0.1, 0.15) is 80.2 Å². The highest BCUT2D eigenvalue weighted by Gasteiger charge is 2.50. The molecule has 1 aliphatic carbocycles. The fourth-order valence-corrected chi connectivity index (χ4v) is 8.06. The molecule has 0 atom stereocenters. The van der Waals surface area contributed by atoms with Crippen molar-refractivity contribution < 1.29 is 14.7 Å². The number of aryl methyl sites for hydroxylation is 2. The Hall–Kier alpha value is -3.95. The van der Waals surface area contributed by atoms with Crippen molar-refractivity contribution in [1.29, 1.82) is 0 Å². The number of nitrogens with zero attached hydrogens (tertiary/aromatic N) is 3. The molecule has 49 heavy (non-hydrogen) atoms. The Morgan fingerprint density at radius 3 is 2.57 bits per heavy atom. The van der Waals surface area contributed by atoms with Crippen molar-refractivity contribution in [3.8, 4) is 11.1 Å². The lowest BCUT2D eigenvalue weighted by molar-refractivity contribution is -0.0414. The van der Waals surface area contributed by atoms with Crippen LogP contribution in [0.25, 0.3) is 11.1 Å². The number of hydrogen-bond acceptors (Lipinski definition) is 7. The number of aliphatic hydroxyl groups excluding tert-OH is 1. The van der Waals surface area contributed by atoms with E-state index in [1.165, 1.54) is 18.4 Å². The summed E-state index contributed by atoms with van der Waals surface area (Å²) in [6, 6.07) is 17.7. The number of rotatable bonds is 11. The standard InChI is InChI=1S/C40H44ClN5O3/c1-25-17-35(44-36-22-46(15-14-30(25)36)29-19-40(20-29)23-42-24-40)37(48)18-28-8-5-10-32(38(28)41)31-9-6-11-33(26(31)2)45-39(49)34-13-12-27(21-43-34)7-3-4-16-47/h5-6,8-13,17,21,29,42,47H,3-4,7,14-16,18-20,22-24H2,1-2H3,(H,45,49). The maximum atomic E-state index is 13.7. The van der Waals surface area contributed by atoms with Crippen LogP contribution in [0.3, 0.4) is 0 Å². The zero-order chi connectivity index (χ0) is 34.1. The number of anilines is 1. The molecule has 7 rings (SSSR count). The van der Waals surface area contributed by atoms with Gasteiger partial charge in [-0.3, -0.25) is 19.5 Å². The first kappa shape index (κ1) is 33.5. The summed E-state index contributed by atoms with van der Waals surface area (Å²) >= 11 is 7.03. The summed E-state index contributed by atoms with van der Waals surface area (Å²) in [6.07, 6.45) is 7.78. The van der Waals surface area contributed by atoms with E-state index in [9.17, 15) is 9.59 Å². The summed E-state index contributed by atoms with van der Waals surface area (Å²) in [5, 5.41) is 16.0. The summed E-state index contributed by atoms with van der Waals surface area (Å²) in [7, 11) is 0. The molecule has 2 aliphatic heterocycles. The predicted molar refractivity (Wildman–Crippen MR) is 193 cm³/mol. The van der Waals surface area contributed by atoms with Gasteiger partial charge in [0.15, 0.2) is 5.78 Å². The second-order valence-electron chi connectivity index (χ2n) is 14.2. The van der Waals surface area contributed by atoms with Crippen molar-refractivity contribution in [2.24, 2.45) is 5.41 Å². The third-order valence-electron chi connectivity index (χ3n) is 10.8. The number of amides is 1. The van der Waals surface area contributed by atoms with Crippen molar-refractivity contribution in [2.75, 3.05) is 31.6 Å². The number of hydrogen-bond donors (Lipinski definition) is 3. The van der Waals surface area contributed by atoms with Gasteiger partial charge in [0.1, 0.15) is 11.4 Å². The quantitative estimate of drug-likeness (QED) is 0.123. The summed E-state index contributed by atoms with van der Waals surface area (Å²) in [6.45, 7) is 8.38. The summed E-state index contributed by atoms with van der Waals surface area (Å²) in [5.41, 5.74) is 9.81. The van der Waals surface area contributed by atoms with Gasteiger partial charge in [-0.25, -0.2) is 4.98 Å². The normalized spacial score (nSPS) is 16.9. The Labute approximate surface area is 293 Å². The highest BCUT2D eigenvalue weighted by atomic mass is 35.5. The molecule has 9 heteroatoms. The number of benzene rings is 2. The first-order valence-corrected chi connectivity index (χ1v) is 17.8. The van der Waals surface area contributed by atoms with Crippen LogP contribution < -0.4 is 10.6 Å². The van der Waals surface area contributed by atoms with Crippen molar-refractivity contribution >= 4 is 29.0 Å². The first-order valence-electron chi connectivity index (χ1n) is 17.5. The molecule has 1 saturated heterocycles. The van der Waals surface area contributed by atoms with Crippen LogP contribution >= 0.6 is 11.6 Å². The molecule has 3 N–H and O–H groups in total. The number of fused-ring (bicyclic) bond motifs is 1. The Kier molecular flexibility index (Phi) is 9.66.